The summed E-state index contributed by atoms with van der Waals surface area (Å²) in [7, 11) is 0. The Morgan fingerprint density at radius 2 is 2.26 bits per heavy atom. The van der Waals surface area contributed by atoms with Gasteiger partial charge in [-0.05, 0) is 31.4 Å². The molecule has 1 aromatic carbocycles. The number of benzene rings is 1. The van der Waals surface area contributed by atoms with Crippen LogP contribution < -0.4 is 5.32 Å². The van der Waals surface area contributed by atoms with Crippen molar-refractivity contribution in [3.63, 3.8) is 0 Å². The SMILES string of the molecule is Cc1ccc2c(C(=O)NC(C(=O)O)C3CCCOC3)csc2c1. The minimum atomic E-state index is -1.01. The van der Waals surface area contributed by atoms with Gasteiger partial charge in [-0.15, -0.1) is 11.3 Å². The average Bonchev–Trinajstić information content (AvgIpc) is 2.96. The van der Waals surface area contributed by atoms with E-state index in [1.165, 1.54) is 11.3 Å². The van der Waals surface area contributed by atoms with Crippen molar-refractivity contribution in [3.8, 4) is 0 Å². The molecule has 1 aliphatic rings. The summed E-state index contributed by atoms with van der Waals surface area (Å²) < 4.78 is 6.39. The van der Waals surface area contributed by atoms with Gasteiger partial charge in [0.15, 0.2) is 0 Å². The lowest BCUT2D eigenvalue weighted by Gasteiger charge is -2.28. The second kappa shape index (κ2) is 6.68. The summed E-state index contributed by atoms with van der Waals surface area (Å²) in [5.74, 6) is -1.53. The lowest BCUT2D eigenvalue weighted by Crippen LogP contribution is -2.48. The fraction of sp³-hybridized carbons (Fsp3) is 0.412. The zero-order valence-corrected chi connectivity index (χ0v) is 13.7. The van der Waals surface area contributed by atoms with Gasteiger partial charge >= 0.3 is 5.97 Å². The maximum Gasteiger partial charge on any atom is 0.326 e. The number of rotatable bonds is 4. The van der Waals surface area contributed by atoms with Crippen molar-refractivity contribution in [2.45, 2.75) is 25.8 Å². The number of carbonyl (C=O) groups excluding carboxylic acids is 1. The van der Waals surface area contributed by atoms with E-state index in [4.69, 9.17) is 4.74 Å². The standard InChI is InChI=1S/C17H19NO4S/c1-10-4-5-12-13(9-23-14(12)7-10)16(19)18-15(17(20)21)11-3-2-6-22-8-11/h4-5,7,9,11,15H,2-3,6,8H2,1H3,(H,18,19)(H,20,21). The summed E-state index contributed by atoms with van der Waals surface area (Å²) in [6.45, 7) is 3.04. The highest BCUT2D eigenvalue weighted by Crippen LogP contribution is 2.27. The molecule has 5 nitrogen and oxygen atoms in total. The van der Waals surface area contributed by atoms with E-state index >= 15 is 0 Å². The average molecular weight is 333 g/mol. The van der Waals surface area contributed by atoms with Gasteiger partial charge in [0.1, 0.15) is 6.04 Å². The fourth-order valence-electron chi connectivity index (χ4n) is 2.94. The third kappa shape index (κ3) is 3.38. The van der Waals surface area contributed by atoms with Crippen LogP contribution in [-0.2, 0) is 9.53 Å². The van der Waals surface area contributed by atoms with Gasteiger partial charge in [0.25, 0.3) is 5.91 Å². The van der Waals surface area contributed by atoms with Crippen molar-refractivity contribution in [3.05, 3.63) is 34.7 Å². The first-order valence-electron chi connectivity index (χ1n) is 7.65. The molecule has 0 bridgehead atoms. The minimum absolute atomic E-state index is 0.183. The minimum Gasteiger partial charge on any atom is -0.480 e. The van der Waals surface area contributed by atoms with E-state index in [9.17, 15) is 14.7 Å². The van der Waals surface area contributed by atoms with E-state index in [1.807, 2.05) is 25.1 Å². The largest absolute Gasteiger partial charge is 0.480 e. The van der Waals surface area contributed by atoms with Crippen LogP contribution in [0.2, 0.25) is 0 Å². The van der Waals surface area contributed by atoms with Gasteiger partial charge in [0.2, 0.25) is 0 Å². The van der Waals surface area contributed by atoms with E-state index in [-0.39, 0.29) is 11.8 Å². The van der Waals surface area contributed by atoms with Gasteiger partial charge in [-0.2, -0.15) is 0 Å². The van der Waals surface area contributed by atoms with Crippen molar-refractivity contribution < 1.29 is 19.4 Å². The summed E-state index contributed by atoms with van der Waals surface area (Å²) in [5.41, 5.74) is 1.67. The maximum atomic E-state index is 12.6. The number of aliphatic carboxylic acids is 1. The quantitative estimate of drug-likeness (QED) is 0.902. The number of hydrogen-bond donors (Lipinski definition) is 2. The summed E-state index contributed by atoms with van der Waals surface area (Å²) in [4.78, 5) is 24.1. The Balaban J connectivity index is 1.81. The molecule has 2 N–H and O–H groups in total. The number of carboxylic acid groups (broad SMARTS) is 1. The summed E-state index contributed by atoms with van der Waals surface area (Å²) in [6, 6.07) is 4.98. The third-order valence-corrected chi connectivity index (χ3v) is 5.14. The Kier molecular flexibility index (Phi) is 4.63. The molecule has 23 heavy (non-hydrogen) atoms. The van der Waals surface area contributed by atoms with Crippen LogP contribution in [0.5, 0.6) is 0 Å². The first-order valence-corrected chi connectivity index (χ1v) is 8.53. The Bertz CT molecular complexity index is 733. The van der Waals surface area contributed by atoms with Crippen molar-refractivity contribution in [2.24, 2.45) is 5.92 Å². The first kappa shape index (κ1) is 16.0. The van der Waals surface area contributed by atoms with E-state index in [2.05, 4.69) is 5.32 Å². The number of nitrogens with one attached hydrogen (secondary N) is 1. The van der Waals surface area contributed by atoms with Gasteiger partial charge in [-0.1, -0.05) is 12.1 Å². The number of fused-ring (bicyclic) bond motifs is 1. The number of carboxylic acids is 1. The van der Waals surface area contributed by atoms with Crippen LogP contribution in [0, 0.1) is 12.8 Å². The first-order chi connectivity index (χ1) is 11.1. The highest BCUT2D eigenvalue weighted by Gasteiger charge is 2.32. The van der Waals surface area contributed by atoms with E-state index in [1.54, 1.807) is 5.38 Å². The van der Waals surface area contributed by atoms with Crippen LogP contribution in [0.3, 0.4) is 0 Å². The summed E-state index contributed by atoms with van der Waals surface area (Å²) in [5, 5.41) is 14.8. The monoisotopic (exact) mass is 333 g/mol. The molecule has 1 amide bonds. The summed E-state index contributed by atoms with van der Waals surface area (Å²) in [6.07, 6.45) is 1.58. The molecule has 6 heteroatoms. The molecule has 0 aliphatic carbocycles. The number of hydrogen-bond acceptors (Lipinski definition) is 4. The lowest BCUT2D eigenvalue weighted by molar-refractivity contribution is -0.142. The molecule has 1 aliphatic heterocycles. The molecule has 0 radical (unpaired) electrons. The molecular formula is C17H19NO4S. The topological polar surface area (TPSA) is 75.6 Å². The van der Waals surface area contributed by atoms with Crippen LogP contribution in [0.25, 0.3) is 10.1 Å². The van der Waals surface area contributed by atoms with Crippen molar-refractivity contribution in [1.29, 1.82) is 0 Å². The van der Waals surface area contributed by atoms with Gasteiger partial charge in [-0.25, -0.2) is 4.79 Å². The number of carbonyl (C=O) groups is 2. The zero-order valence-electron chi connectivity index (χ0n) is 12.9. The van der Waals surface area contributed by atoms with Crippen molar-refractivity contribution in [2.75, 3.05) is 13.2 Å². The molecule has 0 saturated carbocycles. The van der Waals surface area contributed by atoms with Crippen LogP contribution in [-0.4, -0.2) is 36.2 Å². The van der Waals surface area contributed by atoms with Gasteiger partial charge in [0.05, 0.1) is 12.2 Å². The second-order valence-corrected chi connectivity index (χ2v) is 6.83. The lowest BCUT2D eigenvalue weighted by atomic mass is 9.93. The normalized spacial score (nSPS) is 19.4. The molecule has 3 rings (SSSR count). The van der Waals surface area contributed by atoms with Crippen LogP contribution in [0.4, 0.5) is 0 Å². The molecule has 2 atom stereocenters. The molecule has 2 aromatic rings. The van der Waals surface area contributed by atoms with E-state index in [0.29, 0.717) is 18.8 Å². The number of ether oxygens (including phenoxy) is 1. The zero-order chi connectivity index (χ0) is 16.4. The summed E-state index contributed by atoms with van der Waals surface area (Å²) >= 11 is 1.49. The predicted molar refractivity (Wildman–Crippen MR) is 89.0 cm³/mol. The molecule has 2 heterocycles. The molecule has 1 fully saturated rings. The van der Waals surface area contributed by atoms with Crippen molar-refractivity contribution in [1.82, 2.24) is 5.32 Å². The van der Waals surface area contributed by atoms with Gasteiger partial charge in [-0.3, -0.25) is 4.79 Å². The van der Waals surface area contributed by atoms with Gasteiger partial charge in [0, 0.05) is 28.0 Å². The van der Waals surface area contributed by atoms with Crippen LogP contribution in [0.15, 0.2) is 23.6 Å². The second-order valence-electron chi connectivity index (χ2n) is 5.92. The number of aryl methyl sites for hydroxylation is 1. The maximum absolute atomic E-state index is 12.6. The molecular weight excluding hydrogens is 314 g/mol. The highest BCUT2D eigenvalue weighted by molar-refractivity contribution is 7.17. The molecule has 1 aromatic heterocycles. The number of amides is 1. The van der Waals surface area contributed by atoms with Gasteiger partial charge < -0.3 is 15.2 Å². The van der Waals surface area contributed by atoms with Crippen molar-refractivity contribution >= 4 is 33.3 Å². The Morgan fingerprint density at radius 1 is 1.43 bits per heavy atom. The Morgan fingerprint density at radius 3 is 2.96 bits per heavy atom. The van der Waals surface area contributed by atoms with E-state index < -0.39 is 12.0 Å². The Labute approximate surface area is 138 Å². The molecule has 2 unspecified atom stereocenters. The van der Waals surface area contributed by atoms with Crippen LogP contribution >= 0.6 is 11.3 Å². The smallest absolute Gasteiger partial charge is 0.326 e. The van der Waals surface area contributed by atoms with E-state index in [0.717, 1.165) is 28.5 Å². The number of thiophene rings is 1. The molecule has 1 saturated heterocycles. The fourth-order valence-corrected chi connectivity index (χ4v) is 3.98. The molecule has 122 valence electrons. The Hall–Kier alpha value is -1.92. The predicted octanol–water partition coefficient (Wildman–Crippen LogP) is 2.82. The highest BCUT2D eigenvalue weighted by atomic mass is 32.1. The molecule has 0 spiro atoms. The van der Waals surface area contributed by atoms with Crippen LogP contribution in [0.1, 0.15) is 28.8 Å². The third-order valence-electron chi connectivity index (χ3n) is 4.20.